The number of carbonyl (C=O) groups is 2. The minimum atomic E-state index is -0.431. The first-order chi connectivity index (χ1) is 29.7. The summed E-state index contributed by atoms with van der Waals surface area (Å²) in [5.74, 6) is 0.994. The van der Waals surface area contributed by atoms with Gasteiger partial charge in [-0.1, -0.05) is 195 Å². The van der Waals surface area contributed by atoms with Gasteiger partial charge in [-0.05, 0) is 71.3 Å². The van der Waals surface area contributed by atoms with Crippen molar-refractivity contribution in [3.63, 3.8) is 0 Å². The first kappa shape index (κ1) is 57.8. The highest BCUT2D eigenvalue weighted by Crippen LogP contribution is 2.35. The quantitative estimate of drug-likeness (QED) is 0.0446. The van der Waals surface area contributed by atoms with Crippen LogP contribution in [0.1, 0.15) is 273 Å². The molecule has 61 heavy (non-hydrogen) atoms. The van der Waals surface area contributed by atoms with Crippen molar-refractivity contribution < 1.29 is 28.5 Å². The Labute approximate surface area is 380 Å². The average molecular weight is 864 g/mol. The third kappa shape index (κ3) is 33.0. The van der Waals surface area contributed by atoms with E-state index >= 15 is 0 Å². The van der Waals surface area contributed by atoms with Crippen molar-refractivity contribution in [1.29, 1.82) is 0 Å². The van der Waals surface area contributed by atoms with Gasteiger partial charge in [0.05, 0.1) is 25.9 Å². The lowest BCUT2D eigenvalue weighted by Gasteiger charge is -2.30. The molecule has 0 amide bonds. The van der Waals surface area contributed by atoms with Crippen LogP contribution in [-0.4, -0.2) is 68.2 Å². The number of ether oxygens (including phenoxy) is 4. The molecule has 1 aliphatic heterocycles. The van der Waals surface area contributed by atoms with Gasteiger partial charge in [0, 0.05) is 38.3 Å². The second-order valence-corrected chi connectivity index (χ2v) is 19.7. The average Bonchev–Trinajstić information content (AvgIpc) is 3.64. The van der Waals surface area contributed by atoms with Crippen molar-refractivity contribution in [2.45, 2.75) is 291 Å². The van der Waals surface area contributed by atoms with Crippen LogP contribution >= 0.6 is 0 Å². The standard InChI is InChI=1S/C54H105NO6/c1-8-12-26-34-49(35-27-13-9-2)40-44-58-52(56)38-30-22-18-16-20-24-32-42-54(60-47-51(61-54)46-55(7)48(5)6)43-33-25-21-17-19-23-31-39-53(57)59-45-41-50(36-28-14-10-3)37-29-15-11-4/h48-51H,8-47H2,1-7H3. The van der Waals surface area contributed by atoms with E-state index < -0.39 is 5.79 Å². The number of esters is 2. The zero-order valence-corrected chi connectivity index (χ0v) is 42.0. The molecule has 0 N–H and O–H groups in total. The Bertz CT molecular complexity index is 909. The lowest BCUT2D eigenvalue weighted by Crippen LogP contribution is -2.37. The Morgan fingerprint density at radius 2 is 0.885 bits per heavy atom. The van der Waals surface area contributed by atoms with Crippen molar-refractivity contribution in [2.24, 2.45) is 11.8 Å². The highest BCUT2D eigenvalue weighted by atomic mass is 16.7. The van der Waals surface area contributed by atoms with E-state index in [0.29, 0.717) is 50.5 Å². The van der Waals surface area contributed by atoms with Crippen LogP contribution < -0.4 is 0 Å². The van der Waals surface area contributed by atoms with E-state index in [4.69, 9.17) is 18.9 Å². The molecule has 1 atom stereocenters. The number of unbranched alkanes of at least 4 members (excludes halogenated alkanes) is 20. The van der Waals surface area contributed by atoms with Crippen molar-refractivity contribution in [3.8, 4) is 0 Å². The maximum Gasteiger partial charge on any atom is 0.305 e. The number of carbonyl (C=O) groups excluding carboxylic acids is 2. The van der Waals surface area contributed by atoms with Crippen LogP contribution in [0.5, 0.6) is 0 Å². The summed E-state index contributed by atoms with van der Waals surface area (Å²) in [6.07, 6.45) is 42.1. The maximum atomic E-state index is 12.4. The largest absolute Gasteiger partial charge is 0.466 e. The number of hydrogen-bond donors (Lipinski definition) is 0. The molecule has 362 valence electrons. The predicted octanol–water partition coefficient (Wildman–Crippen LogP) is 15.9. The molecule has 0 radical (unpaired) electrons. The second-order valence-electron chi connectivity index (χ2n) is 19.7. The van der Waals surface area contributed by atoms with Gasteiger partial charge >= 0.3 is 11.9 Å². The minimum absolute atomic E-state index is 0.000667. The third-order valence-corrected chi connectivity index (χ3v) is 13.6. The van der Waals surface area contributed by atoms with E-state index in [2.05, 4.69) is 53.5 Å². The van der Waals surface area contributed by atoms with Crippen molar-refractivity contribution in [2.75, 3.05) is 33.4 Å². The molecule has 0 aromatic carbocycles. The molecule has 0 aliphatic carbocycles. The SMILES string of the molecule is CCCCCC(CCCCC)CCOC(=O)CCCCCCCCCC1(CCCCCCCCCC(=O)OCCC(CCCCC)CCCCC)OCC(CN(C)C(C)C)O1. The van der Waals surface area contributed by atoms with Crippen molar-refractivity contribution >= 4 is 11.9 Å². The molecule has 1 heterocycles. The van der Waals surface area contributed by atoms with E-state index in [1.54, 1.807) is 0 Å². The molecule has 7 heteroatoms. The Morgan fingerprint density at radius 1 is 0.525 bits per heavy atom. The van der Waals surface area contributed by atoms with Crippen LogP contribution in [0.25, 0.3) is 0 Å². The molecule has 1 saturated heterocycles. The molecule has 0 saturated carbocycles. The summed E-state index contributed by atoms with van der Waals surface area (Å²) >= 11 is 0. The number of hydrogen-bond acceptors (Lipinski definition) is 7. The molecule has 1 unspecified atom stereocenters. The molecular weight excluding hydrogens is 759 g/mol. The number of nitrogens with zero attached hydrogens (tertiary/aromatic N) is 1. The molecule has 1 aliphatic rings. The fourth-order valence-electron chi connectivity index (χ4n) is 9.14. The van der Waals surface area contributed by atoms with Gasteiger partial charge in [0.1, 0.15) is 0 Å². The van der Waals surface area contributed by atoms with E-state index in [0.717, 1.165) is 70.8 Å². The highest BCUT2D eigenvalue weighted by Gasteiger charge is 2.40. The molecule has 1 fully saturated rings. The van der Waals surface area contributed by atoms with Gasteiger partial charge in [0.2, 0.25) is 0 Å². The molecule has 0 spiro atoms. The molecule has 7 nitrogen and oxygen atoms in total. The van der Waals surface area contributed by atoms with Crippen LogP contribution in [0.3, 0.4) is 0 Å². The van der Waals surface area contributed by atoms with Crippen LogP contribution in [0.4, 0.5) is 0 Å². The normalized spacial score (nSPS) is 15.2. The summed E-state index contributed by atoms with van der Waals surface area (Å²) in [4.78, 5) is 27.2. The van der Waals surface area contributed by atoms with Crippen molar-refractivity contribution in [1.82, 2.24) is 4.90 Å². The fourth-order valence-corrected chi connectivity index (χ4v) is 9.14. The smallest absolute Gasteiger partial charge is 0.305 e. The van der Waals surface area contributed by atoms with Crippen LogP contribution in [0, 0.1) is 11.8 Å². The monoisotopic (exact) mass is 864 g/mol. The zero-order valence-electron chi connectivity index (χ0n) is 42.0. The van der Waals surface area contributed by atoms with Gasteiger partial charge in [-0.15, -0.1) is 0 Å². The number of likely N-dealkylation sites (N-methyl/N-ethyl adjacent to an activating group) is 1. The Kier molecular flexibility index (Phi) is 38.2. The second kappa shape index (κ2) is 40.3. The van der Waals surface area contributed by atoms with Gasteiger partial charge < -0.3 is 23.8 Å². The van der Waals surface area contributed by atoms with Crippen LogP contribution in [-0.2, 0) is 28.5 Å². The summed E-state index contributed by atoms with van der Waals surface area (Å²) in [5.41, 5.74) is 0. The maximum absolute atomic E-state index is 12.4. The summed E-state index contributed by atoms with van der Waals surface area (Å²) in [7, 11) is 2.18. The minimum Gasteiger partial charge on any atom is -0.466 e. The van der Waals surface area contributed by atoms with Crippen molar-refractivity contribution in [3.05, 3.63) is 0 Å². The molecular formula is C54H105NO6. The van der Waals surface area contributed by atoms with Gasteiger partial charge in [0.25, 0.3) is 0 Å². The van der Waals surface area contributed by atoms with Gasteiger partial charge in [0.15, 0.2) is 5.79 Å². The molecule has 1 rings (SSSR count). The zero-order chi connectivity index (χ0) is 44.7. The fraction of sp³-hybridized carbons (Fsp3) is 0.963. The Balaban J connectivity index is 2.27. The lowest BCUT2D eigenvalue weighted by atomic mass is 9.92. The molecule has 0 aromatic rings. The summed E-state index contributed by atoms with van der Waals surface area (Å²) in [6.45, 7) is 16.4. The van der Waals surface area contributed by atoms with E-state index in [1.165, 1.54) is 154 Å². The number of rotatable bonds is 45. The van der Waals surface area contributed by atoms with Crippen LogP contribution in [0.15, 0.2) is 0 Å². The third-order valence-electron chi connectivity index (χ3n) is 13.6. The first-order valence-corrected chi connectivity index (χ1v) is 27.0. The molecule has 0 aromatic heterocycles. The highest BCUT2D eigenvalue weighted by molar-refractivity contribution is 5.69. The summed E-state index contributed by atoms with van der Waals surface area (Å²) < 4.78 is 24.6. The topological polar surface area (TPSA) is 74.3 Å². The van der Waals surface area contributed by atoms with E-state index in [1.807, 2.05) is 0 Å². The predicted molar refractivity (Wildman–Crippen MR) is 259 cm³/mol. The summed E-state index contributed by atoms with van der Waals surface area (Å²) in [5, 5.41) is 0. The lowest BCUT2D eigenvalue weighted by molar-refractivity contribution is -0.180. The van der Waals surface area contributed by atoms with Gasteiger partial charge in [-0.3, -0.25) is 9.59 Å². The van der Waals surface area contributed by atoms with Crippen LogP contribution in [0.2, 0.25) is 0 Å². The van der Waals surface area contributed by atoms with E-state index in [9.17, 15) is 9.59 Å². The van der Waals surface area contributed by atoms with Gasteiger partial charge in [-0.25, -0.2) is 0 Å². The summed E-state index contributed by atoms with van der Waals surface area (Å²) in [6, 6.07) is 0.492. The van der Waals surface area contributed by atoms with E-state index in [-0.39, 0.29) is 18.0 Å². The Morgan fingerprint density at radius 3 is 1.25 bits per heavy atom. The van der Waals surface area contributed by atoms with Gasteiger partial charge in [-0.2, -0.15) is 0 Å². The Hall–Kier alpha value is -1.18. The molecule has 0 bridgehead atoms. The first-order valence-electron chi connectivity index (χ1n) is 27.0.